The molecule has 0 N–H and O–H groups in total. The first-order valence-corrected chi connectivity index (χ1v) is 5.09. The van der Waals surface area contributed by atoms with Crippen LogP contribution in [0.4, 0.5) is 13.2 Å². The van der Waals surface area contributed by atoms with Gasteiger partial charge in [-0.3, -0.25) is 4.68 Å². The van der Waals surface area contributed by atoms with E-state index >= 15 is 0 Å². The molecule has 1 aromatic heterocycles. The first-order valence-electron chi connectivity index (χ1n) is 5.09. The molecular weight excluding hydrogens is 219 g/mol. The Hall–Kier alpha value is -1.51. The molecule has 0 atom stereocenters. The Kier molecular flexibility index (Phi) is 2.62. The van der Waals surface area contributed by atoms with Crippen molar-refractivity contribution >= 4 is 0 Å². The van der Waals surface area contributed by atoms with Crippen LogP contribution < -0.4 is 0 Å². The minimum Gasteiger partial charge on any atom is -0.251 e. The van der Waals surface area contributed by atoms with Gasteiger partial charge in [0.25, 0.3) is 0 Å². The summed E-state index contributed by atoms with van der Waals surface area (Å²) < 4.78 is 38.5. The minimum absolute atomic E-state index is 0.000718. The van der Waals surface area contributed by atoms with Gasteiger partial charge in [0.05, 0.1) is 6.04 Å². The smallest absolute Gasteiger partial charge is 0.251 e. The molecule has 6 heteroatoms. The number of rotatable bonds is 1. The van der Waals surface area contributed by atoms with Crippen LogP contribution in [0, 0.1) is 11.3 Å². The zero-order valence-electron chi connectivity index (χ0n) is 8.46. The Bertz CT molecular complexity index is 421. The van der Waals surface area contributed by atoms with Crippen molar-refractivity contribution < 1.29 is 13.2 Å². The Morgan fingerprint density at radius 2 is 2.00 bits per heavy atom. The van der Waals surface area contributed by atoms with E-state index in [2.05, 4.69) is 5.10 Å². The van der Waals surface area contributed by atoms with Gasteiger partial charge in [0.1, 0.15) is 11.8 Å². The van der Waals surface area contributed by atoms with Gasteiger partial charge in [-0.15, -0.1) is 0 Å². The highest BCUT2D eigenvalue weighted by Gasteiger charge is 2.36. The van der Waals surface area contributed by atoms with E-state index in [1.165, 1.54) is 4.68 Å². The monoisotopic (exact) mass is 229 g/mol. The van der Waals surface area contributed by atoms with Crippen LogP contribution in [0.3, 0.4) is 0 Å². The summed E-state index contributed by atoms with van der Waals surface area (Å²) in [4.78, 5) is 0. The van der Waals surface area contributed by atoms with Gasteiger partial charge < -0.3 is 0 Å². The van der Waals surface area contributed by atoms with Gasteiger partial charge in [-0.1, -0.05) is 12.8 Å². The highest BCUT2D eigenvalue weighted by atomic mass is 19.4. The minimum atomic E-state index is -4.48. The molecule has 1 aliphatic carbocycles. The lowest BCUT2D eigenvalue weighted by atomic mass is 10.2. The SMILES string of the molecule is N#Cc1cc(C(F)(F)F)nn1C1CCCC1. The molecule has 0 unspecified atom stereocenters. The van der Waals surface area contributed by atoms with E-state index in [0.717, 1.165) is 31.7 Å². The Labute approximate surface area is 90.5 Å². The largest absolute Gasteiger partial charge is 0.435 e. The molecule has 86 valence electrons. The molecule has 0 amide bonds. The van der Waals surface area contributed by atoms with E-state index < -0.39 is 11.9 Å². The fourth-order valence-electron chi connectivity index (χ4n) is 2.04. The highest BCUT2D eigenvalue weighted by Crippen LogP contribution is 2.33. The van der Waals surface area contributed by atoms with Crippen LogP contribution in [0.1, 0.15) is 43.1 Å². The quantitative estimate of drug-likeness (QED) is 0.743. The first kappa shape index (κ1) is 11.0. The topological polar surface area (TPSA) is 41.6 Å². The summed E-state index contributed by atoms with van der Waals surface area (Å²) in [6.07, 6.45) is -0.912. The predicted molar refractivity (Wildman–Crippen MR) is 49.4 cm³/mol. The lowest BCUT2D eigenvalue weighted by Crippen LogP contribution is -2.11. The average Bonchev–Trinajstić information content (AvgIpc) is 2.85. The number of aromatic nitrogens is 2. The lowest BCUT2D eigenvalue weighted by Gasteiger charge is -2.10. The molecule has 1 fully saturated rings. The molecule has 0 aromatic carbocycles. The fraction of sp³-hybridized carbons (Fsp3) is 0.600. The van der Waals surface area contributed by atoms with Gasteiger partial charge in [-0.2, -0.15) is 23.5 Å². The molecule has 1 saturated carbocycles. The van der Waals surface area contributed by atoms with Crippen LogP contribution in [0.15, 0.2) is 6.07 Å². The summed E-state index contributed by atoms with van der Waals surface area (Å²) in [5.41, 5.74) is -0.977. The molecule has 0 spiro atoms. The summed E-state index contributed by atoms with van der Waals surface area (Å²) >= 11 is 0. The molecule has 0 bridgehead atoms. The Morgan fingerprint density at radius 3 is 2.50 bits per heavy atom. The van der Waals surface area contributed by atoms with Gasteiger partial charge >= 0.3 is 6.18 Å². The van der Waals surface area contributed by atoms with Crippen molar-refractivity contribution in [3.8, 4) is 6.07 Å². The number of halogens is 3. The molecule has 16 heavy (non-hydrogen) atoms. The highest BCUT2D eigenvalue weighted by molar-refractivity contribution is 5.25. The molecule has 1 heterocycles. The molecule has 0 aliphatic heterocycles. The van der Waals surface area contributed by atoms with E-state index in [0.29, 0.717) is 0 Å². The van der Waals surface area contributed by atoms with Crippen LogP contribution in [0.25, 0.3) is 0 Å². The maximum absolute atomic E-state index is 12.4. The van der Waals surface area contributed by atoms with Crippen LogP contribution in [-0.4, -0.2) is 9.78 Å². The predicted octanol–water partition coefficient (Wildman–Crippen LogP) is 2.89. The van der Waals surface area contributed by atoms with Crippen LogP contribution in [-0.2, 0) is 6.18 Å². The number of nitriles is 1. The van der Waals surface area contributed by atoms with Gasteiger partial charge in [0.2, 0.25) is 0 Å². The molecule has 0 radical (unpaired) electrons. The van der Waals surface area contributed by atoms with E-state index in [4.69, 9.17) is 5.26 Å². The van der Waals surface area contributed by atoms with Crippen LogP contribution >= 0.6 is 0 Å². The third-order valence-corrected chi connectivity index (χ3v) is 2.81. The van der Waals surface area contributed by atoms with Crippen molar-refractivity contribution in [2.24, 2.45) is 0 Å². The van der Waals surface area contributed by atoms with E-state index in [1.54, 1.807) is 6.07 Å². The van der Waals surface area contributed by atoms with Crippen molar-refractivity contribution in [3.63, 3.8) is 0 Å². The van der Waals surface area contributed by atoms with Crippen LogP contribution in [0.2, 0.25) is 0 Å². The summed E-state index contributed by atoms with van der Waals surface area (Å²) in [6, 6.07) is 2.53. The number of hydrogen-bond donors (Lipinski definition) is 0. The van der Waals surface area contributed by atoms with Crippen molar-refractivity contribution in [1.29, 1.82) is 5.26 Å². The summed E-state index contributed by atoms with van der Waals surface area (Å²) in [5, 5.41) is 12.3. The normalized spacial score (nSPS) is 17.6. The maximum atomic E-state index is 12.4. The molecule has 3 nitrogen and oxygen atoms in total. The third-order valence-electron chi connectivity index (χ3n) is 2.81. The summed E-state index contributed by atoms with van der Waals surface area (Å²) in [5.74, 6) is 0. The number of alkyl halides is 3. The van der Waals surface area contributed by atoms with Crippen LogP contribution in [0.5, 0.6) is 0 Å². The second-order valence-electron chi connectivity index (χ2n) is 3.91. The molecule has 1 aromatic rings. The Morgan fingerprint density at radius 1 is 1.38 bits per heavy atom. The summed E-state index contributed by atoms with van der Waals surface area (Å²) in [7, 11) is 0. The van der Waals surface area contributed by atoms with Gasteiger partial charge in [0, 0.05) is 6.07 Å². The zero-order valence-corrected chi connectivity index (χ0v) is 8.46. The van der Waals surface area contributed by atoms with Gasteiger partial charge in [-0.25, -0.2) is 0 Å². The van der Waals surface area contributed by atoms with Gasteiger partial charge in [-0.05, 0) is 12.8 Å². The van der Waals surface area contributed by atoms with E-state index in [9.17, 15) is 13.2 Å². The fourth-order valence-corrected chi connectivity index (χ4v) is 2.04. The average molecular weight is 229 g/mol. The van der Waals surface area contributed by atoms with Crippen molar-refractivity contribution in [2.75, 3.05) is 0 Å². The third kappa shape index (κ3) is 1.90. The maximum Gasteiger partial charge on any atom is 0.435 e. The Balaban J connectivity index is 2.37. The number of hydrogen-bond acceptors (Lipinski definition) is 2. The van der Waals surface area contributed by atoms with Gasteiger partial charge in [0.15, 0.2) is 5.69 Å². The van der Waals surface area contributed by atoms with Crippen molar-refractivity contribution in [3.05, 3.63) is 17.5 Å². The molecule has 0 saturated heterocycles. The first-order chi connectivity index (χ1) is 7.52. The second-order valence-corrected chi connectivity index (χ2v) is 3.91. The second kappa shape index (κ2) is 3.81. The van der Waals surface area contributed by atoms with Crippen molar-refractivity contribution in [1.82, 2.24) is 9.78 Å². The lowest BCUT2D eigenvalue weighted by molar-refractivity contribution is -0.141. The standard InChI is InChI=1S/C10H10F3N3/c11-10(12,13)9-5-8(6-14)16(15-9)7-3-1-2-4-7/h5,7H,1-4H2. The van der Waals surface area contributed by atoms with E-state index in [-0.39, 0.29) is 11.7 Å². The zero-order chi connectivity index (χ0) is 11.8. The molecular formula is C10H10F3N3. The van der Waals surface area contributed by atoms with E-state index in [1.807, 2.05) is 0 Å². The molecule has 1 aliphatic rings. The summed E-state index contributed by atoms with van der Waals surface area (Å²) in [6.45, 7) is 0. The van der Waals surface area contributed by atoms with Crippen molar-refractivity contribution in [2.45, 2.75) is 37.9 Å². The number of nitrogens with zero attached hydrogens (tertiary/aromatic N) is 3. The molecule has 2 rings (SSSR count).